The molecular formula is C19H25N5O. The molecule has 6 nitrogen and oxygen atoms in total. The molecule has 0 unspecified atom stereocenters. The Labute approximate surface area is 148 Å². The van der Waals surface area contributed by atoms with E-state index in [9.17, 15) is 4.79 Å². The summed E-state index contributed by atoms with van der Waals surface area (Å²) in [6.07, 6.45) is 7.16. The molecule has 4 rings (SSSR count). The molecule has 1 aromatic carbocycles. The molecule has 1 amide bonds. The highest BCUT2D eigenvalue weighted by Crippen LogP contribution is 2.22. The van der Waals surface area contributed by atoms with E-state index in [0.29, 0.717) is 12.5 Å². The van der Waals surface area contributed by atoms with E-state index in [-0.39, 0.29) is 5.91 Å². The zero-order valence-electron chi connectivity index (χ0n) is 14.5. The van der Waals surface area contributed by atoms with Crippen LogP contribution < -0.4 is 0 Å². The van der Waals surface area contributed by atoms with E-state index in [4.69, 9.17) is 0 Å². The smallest absolute Gasteiger partial charge is 0.224 e. The van der Waals surface area contributed by atoms with Crippen LogP contribution in [0.15, 0.2) is 36.9 Å². The minimum atomic E-state index is 0.285. The van der Waals surface area contributed by atoms with Gasteiger partial charge in [0.15, 0.2) is 0 Å². The number of rotatable bonds is 4. The SMILES string of the molecule is O=C(CCN1CCC(n2cncn2)CC1)N1CCc2ccccc2C1. The highest BCUT2D eigenvalue weighted by molar-refractivity contribution is 5.76. The number of fused-ring (bicyclic) bond motifs is 1. The molecule has 6 heteroatoms. The Morgan fingerprint density at radius 3 is 2.68 bits per heavy atom. The molecule has 0 N–H and O–H groups in total. The van der Waals surface area contributed by atoms with Crippen LogP contribution in [0.2, 0.25) is 0 Å². The molecule has 1 saturated heterocycles. The van der Waals surface area contributed by atoms with Crippen LogP contribution in [0.1, 0.15) is 36.4 Å². The third kappa shape index (κ3) is 3.74. The van der Waals surface area contributed by atoms with Gasteiger partial charge in [-0.1, -0.05) is 24.3 Å². The van der Waals surface area contributed by atoms with Crippen molar-refractivity contribution in [2.45, 2.75) is 38.3 Å². The summed E-state index contributed by atoms with van der Waals surface area (Å²) in [7, 11) is 0. The summed E-state index contributed by atoms with van der Waals surface area (Å²) in [4.78, 5) is 21.0. The third-order valence-corrected chi connectivity index (χ3v) is 5.49. The van der Waals surface area contributed by atoms with Gasteiger partial charge in [0.05, 0.1) is 6.04 Å². The first-order valence-electron chi connectivity index (χ1n) is 9.20. The maximum Gasteiger partial charge on any atom is 0.224 e. The Balaban J connectivity index is 1.23. The average molecular weight is 339 g/mol. The molecule has 2 aromatic rings. The van der Waals surface area contributed by atoms with E-state index in [1.54, 1.807) is 12.7 Å². The fraction of sp³-hybridized carbons (Fsp3) is 0.526. The Morgan fingerprint density at radius 2 is 1.92 bits per heavy atom. The van der Waals surface area contributed by atoms with Crippen molar-refractivity contribution in [2.75, 3.05) is 26.2 Å². The molecular weight excluding hydrogens is 314 g/mol. The fourth-order valence-corrected chi connectivity index (χ4v) is 3.93. The number of carbonyl (C=O) groups excluding carboxylic acids is 1. The number of hydrogen-bond acceptors (Lipinski definition) is 4. The van der Waals surface area contributed by atoms with Crippen molar-refractivity contribution in [3.63, 3.8) is 0 Å². The van der Waals surface area contributed by atoms with Crippen molar-refractivity contribution in [2.24, 2.45) is 0 Å². The predicted molar refractivity (Wildman–Crippen MR) is 94.9 cm³/mol. The molecule has 0 radical (unpaired) electrons. The first kappa shape index (κ1) is 16.3. The first-order valence-corrected chi connectivity index (χ1v) is 9.20. The number of piperidine rings is 1. The molecule has 1 fully saturated rings. The van der Waals surface area contributed by atoms with Crippen LogP contribution in [-0.2, 0) is 17.8 Å². The third-order valence-electron chi connectivity index (χ3n) is 5.49. The van der Waals surface area contributed by atoms with E-state index < -0.39 is 0 Å². The monoisotopic (exact) mass is 339 g/mol. The lowest BCUT2D eigenvalue weighted by Crippen LogP contribution is -2.40. The Morgan fingerprint density at radius 1 is 1.12 bits per heavy atom. The van der Waals surface area contributed by atoms with Crippen LogP contribution in [0.5, 0.6) is 0 Å². The Hall–Kier alpha value is -2.21. The molecule has 0 spiro atoms. The van der Waals surface area contributed by atoms with Gasteiger partial charge >= 0.3 is 0 Å². The van der Waals surface area contributed by atoms with E-state index in [0.717, 1.165) is 52.0 Å². The molecule has 2 aliphatic rings. The van der Waals surface area contributed by atoms with E-state index >= 15 is 0 Å². The minimum absolute atomic E-state index is 0.285. The second-order valence-electron chi connectivity index (χ2n) is 7.03. The van der Waals surface area contributed by atoms with Gasteiger partial charge < -0.3 is 9.80 Å². The molecule has 132 valence electrons. The maximum absolute atomic E-state index is 12.6. The van der Waals surface area contributed by atoms with Gasteiger partial charge in [-0.15, -0.1) is 0 Å². The van der Waals surface area contributed by atoms with Crippen LogP contribution in [0.3, 0.4) is 0 Å². The van der Waals surface area contributed by atoms with Crippen LogP contribution in [-0.4, -0.2) is 56.7 Å². The molecule has 0 atom stereocenters. The van der Waals surface area contributed by atoms with Gasteiger partial charge in [-0.2, -0.15) is 5.10 Å². The summed E-state index contributed by atoms with van der Waals surface area (Å²) >= 11 is 0. The van der Waals surface area contributed by atoms with Gasteiger partial charge in [0.2, 0.25) is 5.91 Å². The first-order chi connectivity index (χ1) is 12.3. The Kier molecular flexibility index (Phi) is 4.78. The van der Waals surface area contributed by atoms with Crippen molar-refractivity contribution in [3.05, 3.63) is 48.0 Å². The van der Waals surface area contributed by atoms with E-state index in [1.807, 2.05) is 9.58 Å². The summed E-state index contributed by atoms with van der Waals surface area (Å²) in [5.41, 5.74) is 2.69. The highest BCUT2D eigenvalue weighted by Gasteiger charge is 2.23. The van der Waals surface area contributed by atoms with Crippen molar-refractivity contribution in [1.82, 2.24) is 24.6 Å². The van der Waals surface area contributed by atoms with Gasteiger partial charge in [0.25, 0.3) is 0 Å². The molecule has 25 heavy (non-hydrogen) atoms. The van der Waals surface area contributed by atoms with Crippen LogP contribution in [0.4, 0.5) is 0 Å². The lowest BCUT2D eigenvalue weighted by molar-refractivity contribution is -0.132. The molecule has 0 saturated carbocycles. The second-order valence-corrected chi connectivity index (χ2v) is 7.03. The number of hydrogen-bond donors (Lipinski definition) is 0. The van der Waals surface area contributed by atoms with E-state index in [1.165, 1.54) is 11.1 Å². The number of likely N-dealkylation sites (tertiary alicyclic amines) is 1. The van der Waals surface area contributed by atoms with E-state index in [2.05, 4.69) is 39.2 Å². The number of aromatic nitrogens is 3. The molecule has 0 aliphatic carbocycles. The molecule has 3 heterocycles. The number of amides is 1. The van der Waals surface area contributed by atoms with Crippen molar-refractivity contribution in [3.8, 4) is 0 Å². The van der Waals surface area contributed by atoms with Crippen molar-refractivity contribution >= 4 is 5.91 Å². The van der Waals surface area contributed by atoms with Crippen LogP contribution in [0, 0.1) is 0 Å². The summed E-state index contributed by atoms with van der Waals surface area (Å²) in [6, 6.07) is 8.92. The van der Waals surface area contributed by atoms with Crippen LogP contribution in [0.25, 0.3) is 0 Å². The number of benzene rings is 1. The van der Waals surface area contributed by atoms with Gasteiger partial charge in [0, 0.05) is 39.1 Å². The van der Waals surface area contributed by atoms with Gasteiger partial charge in [-0.25, -0.2) is 9.67 Å². The van der Waals surface area contributed by atoms with Crippen LogP contribution >= 0.6 is 0 Å². The maximum atomic E-state index is 12.6. The zero-order valence-corrected chi connectivity index (χ0v) is 14.5. The normalized spacial score (nSPS) is 19.0. The summed E-state index contributed by atoms with van der Waals surface area (Å²) in [5.74, 6) is 0.285. The Bertz CT molecular complexity index is 706. The molecule has 2 aliphatic heterocycles. The fourth-order valence-electron chi connectivity index (χ4n) is 3.93. The van der Waals surface area contributed by atoms with Gasteiger partial charge in [-0.05, 0) is 30.4 Å². The largest absolute Gasteiger partial charge is 0.338 e. The summed E-state index contributed by atoms with van der Waals surface area (Å²) in [5, 5.41) is 4.25. The molecule has 0 bridgehead atoms. The summed E-state index contributed by atoms with van der Waals surface area (Å²) < 4.78 is 1.97. The second kappa shape index (κ2) is 7.35. The lowest BCUT2D eigenvalue weighted by Gasteiger charge is -2.33. The van der Waals surface area contributed by atoms with Gasteiger partial charge in [-0.3, -0.25) is 4.79 Å². The van der Waals surface area contributed by atoms with Gasteiger partial charge in [0.1, 0.15) is 12.7 Å². The lowest BCUT2D eigenvalue weighted by atomic mass is 9.99. The van der Waals surface area contributed by atoms with Crippen molar-refractivity contribution < 1.29 is 4.79 Å². The standard InChI is InChI=1S/C19H25N5O/c25-19(23-12-5-16-3-1-2-4-17(16)13-23)8-11-22-9-6-18(7-10-22)24-15-20-14-21-24/h1-4,14-15,18H,5-13H2. The summed E-state index contributed by atoms with van der Waals surface area (Å²) in [6.45, 7) is 4.54. The number of nitrogens with zero attached hydrogens (tertiary/aromatic N) is 5. The average Bonchev–Trinajstić information content (AvgIpc) is 3.21. The highest BCUT2D eigenvalue weighted by atomic mass is 16.2. The zero-order chi connectivity index (χ0) is 17.1. The quantitative estimate of drug-likeness (QED) is 0.854. The number of carbonyl (C=O) groups is 1. The minimum Gasteiger partial charge on any atom is -0.338 e. The predicted octanol–water partition coefficient (Wildman–Crippen LogP) is 1.89. The topological polar surface area (TPSA) is 54.3 Å². The van der Waals surface area contributed by atoms with Crippen molar-refractivity contribution in [1.29, 1.82) is 0 Å². The molecule has 1 aromatic heterocycles.